The molecule has 2 amide bonds. The third-order valence-electron chi connectivity index (χ3n) is 7.14. The standard InChI is InChI=1S/C32H39Cl2N3O5S2/c1-6-22(4)35-32(39)28(7-2)36(20-25-26(33)12-11-13-27(25)34)31(38)21-37(29-14-9-10-15-30(29)42-8-3)44(40,41)24-18-16-23(43-5)17-19-24/h9-19,22,28H,6-8,20-21H2,1-5H3,(H,35,39)/t22-,28-/m0/s1. The van der Waals surface area contributed by atoms with Crippen LogP contribution in [0.5, 0.6) is 5.75 Å². The molecule has 0 fully saturated rings. The van der Waals surface area contributed by atoms with E-state index in [1.54, 1.807) is 68.4 Å². The van der Waals surface area contributed by atoms with Gasteiger partial charge in [0, 0.05) is 33.1 Å². The summed E-state index contributed by atoms with van der Waals surface area (Å²) in [7, 11) is -4.27. The number of para-hydroxylation sites is 2. The molecule has 3 rings (SSSR count). The topological polar surface area (TPSA) is 96.0 Å². The van der Waals surface area contributed by atoms with Gasteiger partial charge in [-0.05, 0) is 81.5 Å². The van der Waals surface area contributed by atoms with Crippen LogP contribution in [0.4, 0.5) is 5.69 Å². The molecule has 0 aliphatic carbocycles. The van der Waals surface area contributed by atoms with E-state index in [9.17, 15) is 18.0 Å². The average Bonchev–Trinajstić information content (AvgIpc) is 3.01. The molecule has 3 aromatic carbocycles. The van der Waals surface area contributed by atoms with Crippen LogP contribution in [-0.4, -0.2) is 56.6 Å². The number of amides is 2. The zero-order valence-electron chi connectivity index (χ0n) is 25.5. The molecule has 0 radical (unpaired) electrons. The number of carbonyl (C=O) groups is 2. The van der Waals surface area contributed by atoms with Crippen molar-refractivity contribution in [2.75, 3.05) is 23.7 Å². The molecule has 238 valence electrons. The van der Waals surface area contributed by atoms with Gasteiger partial charge in [0.2, 0.25) is 11.8 Å². The minimum Gasteiger partial charge on any atom is -0.492 e. The number of nitrogens with zero attached hydrogens (tertiary/aromatic N) is 2. The summed E-state index contributed by atoms with van der Waals surface area (Å²) in [6.45, 7) is 6.98. The molecule has 0 heterocycles. The Morgan fingerprint density at radius 2 is 1.57 bits per heavy atom. The number of thioether (sulfide) groups is 1. The lowest BCUT2D eigenvalue weighted by atomic mass is 10.1. The first kappa shape index (κ1) is 35.6. The number of ether oxygens (including phenoxy) is 1. The number of carbonyl (C=O) groups excluding carboxylic acids is 2. The van der Waals surface area contributed by atoms with Crippen LogP contribution in [0.15, 0.2) is 76.5 Å². The molecule has 12 heteroatoms. The number of anilines is 1. The molecule has 0 aromatic heterocycles. The highest BCUT2D eigenvalue weighted by atomic mass is 35.5. The van der Waals surface area contributed by atoms with E-state index >= 15 is 0 Å². The minimum atomic E-state index is -4.27. The van der Waals surface area contributed by atoms with Crippen molar-refractivity contribution in [1.29, 1.82) is 0 Å². The van der Waals surface area contributed by atoms with Gasteiger partial charge >= 0.3 is 0 Å². The van der Waals surface area contributed by atoms with Crippen molar-refractivity contribution < 1.29 is 22.7 Å². The van der Waals surface area contributed by atoms with Crippen LogP contribution < -0.4 is 14.4 Å². The Kier molecular flexibility index (Phi) is 13.3. The number of rotatable bonds is 15. The Labute approximate surface area is 275 Å². The maximum absolute atomic E-state index is 14.4. The number of hydrogen-bond donors (Lipinski definition) is 1. The van der Waals surface area contributed by atoms with Crippen molar-refractivity contribution in [3.8, 4) is 5.75 Å². The second-order valence-corrected chi connectivity index (χ2v) is 13.6. The number of nitrogens with one attached hydrogen (secondary N) is 1. The van der Waals surface area contributed by atoms with E-state index in [2.05, 4.69) is 5.32 Å². The summed E-state index contributed by atoms with van der Waals surface area (Å²) in [4.78, 5) is 30.1. The van der Waals surface area contributed by atoms with E-state index in [1.165, 1.54) is 28.8 Å². The van der Waals surface area contributed by atoms with Gasteiger partial charge in [-0.2, -0.15) is 0 Å². The Balaban J connectivity index is 2.15. The Bertz CT molecular complexity index is 1520. The zero-order valence-corrected chi connectivity index (χ0v) is 28.7. The fourth-order valence-electron chi connectivity index (χ4n) is 4.54. The van der Waals surface area contributed by atoms with Gasteiger partial charge in [0.15, 0.2) is 0 Å². The van der Waals surface area contributed by atoms with Gasteiger partial charge in [0.25, 0.3) is 10.0 Å². The second kappa shape index (κ2) is 16.4. The molecular weight excluding hydrogens is 641 g/mol. The number of benzene rings is 3. The highest BCUT2D eigenvalue weighted by molar-refractivity contribution is 7.98. The molecule has 0 unspecified atom stereocenters. The van der Waals surface area contributed by atoms with Crippen LogP contribution in [0.2, 0.25) is 10.0 Å². The molecule has 2 atom stereocenters. The Morgan fingerprint density at radius 3 is 2.14 bits per heavy atom. The van der Waals surface area contributed by atoms with Crippen LogP contribution in [0.1, 0.15) is 46.1 Å². The number of halogens is 2. The van der Waals surface area contributed by atoms with Crippen molar-refractivity contribution in [3.05, 3.63) is 82.3 Å². The maximum atomic E-state index is 14.4. The smallest absolute Gasteiger partial charge is 0.264 e. The molecule has 0 aliphatic heterocycles. The zero-order chi connectivity index (χ0) is 32.4. The third kappa shape index (κ3) is 8.62. The normalized spacial score (nSPS) is 12.7. The molecule has 0 spiro atoms. The molecule has 0 aliphatic rings. The quantitative estimate of drug-likeness (QED) is 0.173. The van der Waals surface area contributed by atoms with Gasteiger partial charge < -0.3 is 15.0 Å². The van der Waals surface area contributed by atoms with Crippen LogP contribution in [0, 0.1) is 0 Å². The number of hydrogen-bond acceptors (Lipinski definition) is 6. The number of sulfonamides is 1. The fraction of sp³-hybridized carbons (Fsp3) is 0.375. The fourth-order valence-corrected chi connectivity index (χ4v) is 6.89. The van der Waals surface area contributed by atoms with Crippen molar-refractivity contribution in [1.82, 2.24) is 10.2 Å². The summed E-state index contributed by atoms with van der Waals surface area (Å²) in [6.07, 6.45) is 2.87. The summed E-state index contributed by atoms with van der Waals surface area (Å²) < 4.78 is 35.3. The van der Waals surface area contributed by atoms with Crippen molar-refractivity contribution in [2.45, 2.75) is 69.0 Å². The summed E-state index contributed by atoms with van der Waals surface area (Å²) in [5.41, 5.74) is 0.653. The van der Waals surface area contributed by atoms with Gasteiger partial charge in [-0.25, -0.2) is 8.42 Å². The van der Waals surface area contributed by atoms with E-state index < -0.39 is 28.5 Å². The first-order valence-electron chi connectivity index (χ1n) is 14.4. The Hall–Kier alpha value is -2.92. The van der Waals surface area contributed by atoms with E-state index in [4.69, 9.17) is 27.9 Å². The molecule has 0 saturated carbocycles. The molecule has 8 nitrogen and oxygen atoms in total. The maximum Gasteiger partial charge on any atom is 0.264 e. The average molecular weight is 681 g/mol. The molecule has 1 N–H and O–H groups in total. The largest absolute Gasteiger partial charge is 0.492 e. The third-order valence-corrected chi connectivity index (χ3v) is 10.4. The molecular formula is C32H39Cl2N3O5S2. The highest BCUT2D eigenvalue weighted by Gasteiger charge is 2.35. The molecule has 0 saturated heterocycles. The van der Waals surface area contributed by atoms with E-state index in [1.807, 2.05) is 20.1 Å². The summed E-state index contributed by atoms with van der Waals surface area (Å²) in [6, 6.07) is 17.0. The second-order valence-electron chi connectivity index (χ2n) is 10.1. The van der Waals surface area contributed by atoms with Crippen molar-refractivity contribution in [2.24, 2.45) is 0 Å². The summed E-state index contributed by atoms with van der Waals surface area (Å²) in [5, 5.41) is 3.61. The van der Waals surface area contributed by atoms with E-state index in [0.717, 1.165) is 9.20 Å². The predicted molar refractivity (Wildman–Crippen MR) is 179 cm³/mol. The van der Waals surface area contributed by atoms with Crippen LogP contribution in [0.25, 0.3) is 0 Å². The van der Waals surface area contributed by atoms with Gasteiger partial charge in [0.1, 0.15) is 18.3 Å². The molecule has 3 aromatic rings. The van der Waals surface area contributed by atoms with Gasteiger partial charge in [0.05, 0.1) is 17.2 Å². The van der Waals surface area contributed by atoms with Gasteiger partial charge in [-0.3, -0.25) is 13.9 Å². The molecule has 44 heavy (non-hydrogen) atoms. The minimum absolute atomic E-state index is 0.0108. The first-order chi connectivity index (χ1) is 21.0. The van der Waals surface area contributed by atoms with Crippen molar-refractivity contribution in [3.63, 3.8) is 0 Å². The van der Waals surface area contributed by atoms with Gasteiger partial charge in [-0.1, -0.05) is 55.2 Å². The lowest BCUT2D eigenvalue weighted by Gasteiger charge is -2.34. The monoisotopic (exact) mass is 679 g/mol. The van der Waals surface area contributed by atoms with Crippen molar-refractivity contribution >= 4 is 62.5 Å². The molecule has 0 bridgehead atoms. The lowest BCUT2D eigenvalue weighted by molar-refractivity contribution is -0.140. The highest BCUT2D eigenvalue weighted by Crippen LogP contribution is 2.34. The van der Waals surface area contributed by atoms with Crippen LogP contribution in [-0.2, 0) is 26.2 Å². The SMILES string of the molecule is CCOc1ccccc1N(CC(=O)N(Cc1c(Cl)cccc1Cl)[C@@H](CC)C(=O)N[C@@H](C)CC)S(=O)(=O)c1ccc(SC)cc1. The van der Waals surface area contributed by atoms with E-state index in [0.29, 0.717) is 27.8 Å². The lowest BCUT2D eigenvalue weighted by Crippen LogP contribution is -2.53. The van der Waals surface area contributed by atoms with Crippen LogP contribution >= 0.6 is 35.0 Å². The predicted octanol–water partition coefficient (Wildman–Crippen LogP) is 7.03. The van der Waals surface area contributed by atoms with Crippen LogP contribution in [0.3, 0.4) is 0 Å². The van der Waals surface area contributed by atoms with E-state index in [-0.39, 0.29) is 42.1 Å². The summed E-state index contributed by atoms with van der Waals surface area (Å²) in [5.74, 6) is -0.660. The van der Waals surface area contributed by atoms with Gasteiger partial charge in [-0.15, -0.1) is 11.8 Å². The first-order valence-corrected chi connectivity index (χ1v) is 17.8. The summed E-state index contributed by atoms with van der Waals surface area (Å²) >= 11 is 14.5. The Morgan fingerprint density at radius 1 is 0.932 bits per heavy atom.